The molecule has 0 unspecified atom stereocenters. The summed E-state index contributed by atoms with van der Waals surface area (Å²) in [6, 6.07) is 0. The molecule has 0 spiro atoms. The van der Waals surface area contributed by atoms with Gasteiger partial charge in [-0.05, 0) is 31.1 Å². The fourth-order valence-corrected chi connectivity index (χ4v) is 8.17. The summed E-state index contributed by atoms with van der Waals surface area (Å²) in [6.07, 6.45) is 48.2. The van der Waals surface area contributed by atoms with E-state index in [1.807, 2.05) is 0 Å². The van der Waals surface area contributed by atoms with E-state index in [1.165, 1.54) is 186 Å². The predicted molar refractivity (Wildman–Crippen MR) is 256 cm³/mol. The maximum absolute atomic E-state index is 12.8. The Bertz CT molecular complexity index is 916. The van der Waals surface area contributed by atoms with E-state index in [1.54, 1.807) is 0 Å². The summed E-state index contributed by atoms with van der Waals surface area (Å²) in [5.74, 6) is 0.762. The van der Waals surface area contributed by atoms with Gasteiger partial charge in [-0.2, -0.15) is 0 Å². The van der Waals surface area contributed by atoms with Gasteiger partial charge in [0.2, 0.25) is 0 Å². The van der Waals surface area contributed by atoms with Crippen LogP contribution in [-0.2, 0) is 28.6 Å². The van der Waals surface area contributed by atoms with Gasteiger partial charge in [0.1, 0.15) is 13.2 Å². The number of carbonyl (C=O) groups is 3. The summed E-state index contributed by atoms with van der Waals surface area (Å²) in [6.45, 7) is 11.3. The van der Waals surface area contributed by atoms with Crippen LogP contribution in [0.4, 0.5) is 0 Å². The fourth-order valence-electron chi connectivity index (χ4n) is 8.17. The van der Waals surface area contributed by atoms with E-state index >= 15 is 0 Å². The van der Waals surface area contributed by atoms with E-state index < -0.39 is 6.10 Å². The first kappa shape index (κ1) is 58.4. The van der Waals surface area contributed by atoms with Gasteiger partial charge in [0.05, 0.1) is 0 Å². The topological polar surface area (TPSA) is 78.9 Å². The van der Waals surface area contributed by atoms with Crippen molar-refractivity contribution in [1.82, 2.24) is 0 Å². The molecule has 0 amide bonds. The Morgan fingerprint density at radius 3 is 0.817 bits per heavy atom. The molecule has 6 nitrogen and oxygen atoms in total. The van der Waals surface area contributed by atoms with Crippen molar-refractivity contribution in [3.05, 3.63) is 0 Å². The third-order valence-corrected chi connectivity index (χ3v) is 12.2. The Labute approximate surface area is 374 Å². The Hall–Kier alpha value is -1.59. The van der Waals surface area contributed by atoms with Crippen LogP contribution in [-0.4, -0.2) is 37.2 Å². The Balaban J connectivity index is 4.24. The second kappa shape index (κ2) is 46.9. The Morgan fingerprint density at radius 2 is 0.550 bits per heavy atom. The van der Waals surface area contributed by atoms with Crippen LogP contribution in [0, 0.1) is 11.8 Å². The van der Waals surface area contributed by atoms with Crippen LogP contribution in [0.5, 0.6) is 0 Å². The maximum Gasteiger partial charge on any atom is 0.306 e. The number of hydrogen-bond donors (Lipinski definition) is 0. The van der Waals surface area contributed by atoms with Crippen LogP contribution in [0.2, 0.25) is 0 Å². The summed E-state index contributed by atoms with van der Waals surface area (Å²) >= 11 is 0. The monoisotopic (exact) mass is 849 g/mol. The molecule has 356 valence electrons. The third kappa shape index (κ3) is 47.5. The number of esters is 3. The first-order chi connectivity index (χ1) is 29.2. The lowest BCUT2D eigenvalue weighted by Gasteiger charge is -2.18. The van der Waals surface area contributed by atoms with E-state index in [0.717, 1.165) is 69.6 Å². The molecule has 0 saturated heterocycles. The molecule has 0 aliphatic rings. The van der Waals surface area contributed by atoms with Crippen LogP contribution in [0.1, 0.15) is 298 Å². The van der Waals surface area contributed by atoms with Crippen LogP contribution >= 0.6 is 0 Å². The first-order valence-corrected chi connectivity index (χ1v) is 26.7. The molecule has 0 aromatic heterocycles. The van der Waals surface area contributed by atoms with Crippen molar-refractivity contribution in [3.63, 3.8) is 0 Å². The number of unbranched alkanes of at least 4 members (excludes halogenated alkanes) is 33. The third-order valence-electron chi connectivity index (χ3n) is 12.2. The minimum Gasteiger partial charge on any atom is -0.462 e. The SMILES string of the molecule is CCCCCCCCCCCCCCCCCC(=O)O[C@@H](COC(=O)CCCCCCCCCCCCCCCCCC(C)C)COC(=O)CCCCCCCCC(C)C. The molecule has 0 saturated carbocycles. The van der Waals surface area contributed by atoms with Gasteiger partial charge in [0.25, 0.3) is 0 Å². The van der Waals surface area contributed by atoms with E-state index in [9.17, 15) is 14.4 Å². The molecule has 0 aliphatic heterocycles. The van der Waals surface area contributed by atoms with Gasteiger partial charge in [0, 0.05) is 19.3 Å². The lowest BCUT2D eigenvalue weighted by molar-refractivity contribution is -0.167. The summed E-state index contributed by atoms with van der Waals surface area (Å²) in [5, 5.41) is 0. The number of rotatable bonds is 48. The van der Waals surface area contributed by atoms with Crippen LogP contribution in [0.15, 0.2) is 0 Å². The van der Waals surface area contributed by atoms with Crippen molar-refractivity contribution in [2.75, 3.05) is 13.2 Å². The average molecular weight is 849 g/mol. The molecule has 6 heteroatoms. The molecule has 0 radical (unpaired) electrons. The molecule has 60 heavy (non-hydrogen) atoms. The maximum atomic E-state index is 12.8. The summed E-state index contributed by atoms with van der Waals surface area (Å²) in [7, 11) is 0. The van der Waals surface area contributed by atoms with Gasteiger partial charge in [-0.1, -0.05) is 259 Å². The molecule has 0 aliphatic carbocycles. The van der Waals surface area contributed by atoms with Gasteiger partial charge in [-0.15, -0.1) is 0 Å². The number of carbonyl (C=O) groups excluding carboxylic acids is 3. The Kier molecular flexibility index (Phi) is 45.7. The highest BCUT2D eigenvalue weighted by Crippen LogP contribution is 2.18. The van der Waals surface area contributed by atoms with E-state index in [0.29, 0.717) is 19.3 Å². The summed E-state index contributed by atoms with van der Waals surface area (Å²) in [4.78, 5) is 37.9. The summed E-state index contributed by atoms with van der Waals surface area (Å²) < 4.78 is 16.8. The molecule has 0 bridgehead atoms. The van der Waals surface area contributed by atoms with E-state index in [4.69, 9.17) is 14.2 Å². The fraction of sp³-hybridized carbons (Fsp3) is 0.944. The molecular weight excluding hydrogens is 745 g/mol. The normalized spacial score (nSPS) is 12.1. The standard InChI is InChI=1S/C54H104O6/c1-6-7-8-9-10-11-12-13-15-20-23-26-29-36-41-46-54(57)60-51(48-59-53(56)45-40-35-31-30-33-38-43-50(4)5)47-58-52(55)44-39-34-28-25-22-19-17-14-16-18-21-24-27-32-37-42-49(2)3/h49-51H,6-48H2,1-5H3/t51-/m0/s1. The highest BCUT2D eigenvalue weighted by atomic mass is 16.6. The van der Waals surface area contributed by atoms with Crippen molar-refractivity contribution >= 4 is 17.9 Å². The van der Waals surface area contributed by atoms with Gasteiger partial charge in [-0.25, -0.2) is 0 Å². The second-order valence-corrected chi connectivity index (χ2v) is 19.5. The minimum absolute atomic E-state index is 0.0641. The zero-order valence-corrected chi connectivity index (χ0v) is 41.1. The van der Waals surface area contributed by atoms with Crippen molar-refractivity contribution < 1.29 is 28.6 Å². The van der Waals surface area contributed by atoms with Crippen molar-refractivity contribution in [3.8, 4) is 0 Å². The quantitative estimate of drug-likeness (QED) is 0.0345. The van der Waals surface area contributed by atoms with Crippen molar-refractivity contribution in [2.45, 2.75) is 304 Å². The van der Waals surface area contributed by atoms with Gasteiger partial charge in [0.15, 0.2) is 6.10 Å². The average Bonchev–Trinajstić information content (AvgIpc) is 3.22. The molecule has 0 N–H and O–H groups in total. The smallest absolute Gasteiger partial charge is 0.306 e. The van der Waals surface area contributed by atoms with Gasteiger partial charge in [-0.3, -0.25) is 14.4 Å². The minimum atomic E-state index is -0.762. The second-order valence-electron chi connectivity index (χ2n) is 19.5. The van der Waals surface area contributed by atoms with E-state index in [-0.39, 0.29) is 31.1 Å². The van der Waals surface area contributed by atoms with Gasteiger partial charge >= 0.3 is 17.9 Å². The van der Waals surface area contributed by atoms with Crippen molar-refractivity contribution in [2.24, 2.45) is 11.8 Å². The molecule has 0 fully saturated rings. The molecule has 1 atom stereocenters. The predicted octanol–water partition coefficient (Wildman–Crippen LogP) is 17.3. The molecular formula is C54H104O6. The molecule has 0 heterocycles. The van der Waals surface area contributed by atoms with Crippen LogP contribution in [0.25, 0.3) is 0 Å². The highest BCUT2D eigenvalue weighted by Gasteiger charge is 2.19. The molecule has 0 aromatic carbocycles. The number of hydrogen-bond acceptors (Lipinski definition) is 6. The largest absolute Gasteiger partial charge is 0.462 e. The van der Waals surface area contributed by atoms with E-state index in [2.05, 4.69) is 34.6 Å². The number of ether oxygens (including phenoxy) is 3. The summed E-state index contributed by atoms with van der Waals surface area (Å²) in [5.41, 5.74) is 0. The zero-order chi connectivity index (χ0) is 44.0. The Morgan fingerprint density at radius 1 is 0.317 bits per heavy atom. The van der Waals surface area contributed by atoms with Gasteiger partial charge < -0.3 is 14.2 Å². The molecule has 0 aromatic rings. The first-order valence-electron chi connectivity index (χ1n) is 26.7. The van der Waals surface area contributed by atoms with Crippen LogP contribution < -0.4 is 0 Å². The lowest BCUT2D eigenvalue weighted by Crippen LogP contribution is -2.30. The lowest BCUT2D eigenvalue weighted by atomic mass is 10.0. The zero-order valence-electron chi connectivity index (χ0n) is 41.1. The highest BCUT2D eigenvalue weighted by molar-refractivity contribution is 5.71. The molecule has 0 rings (SSSR count). The van der Waals surface area contributed by atoms with Crippen molar-refractivity contribution in [1.29, 1.82) is 0 Å². The van der Waals surface area contributed by atoms with Crippen LogP contribution in [0.3, 0.4) is 0 Å².